The van der Waals surface area contributed by atoms with Gasteiger partial charge in [-0.05, 0) is 41.8 Å². The van der Waals surface area contributed by atoms with Gasteiger partial charge in [0, 0.05) is 0 Å². The lowest BCUT2D eigenvalue weighted by Crippen LogP contribution is -1.74. The number of hydrogen-bond donors (Lipinski definition) is 0. The number of rotatable bonds is 1. The molecule has 0 heterocycles. The first-order valence-corrected chi connectivity index (χ1v) is 3.91. The highest BCUT2D eigenvalue weighted by molar-refractivity contribution is 6.95. The zero-order chi connectivity index (χ0) is 8.27. The molecule has 0 aliphatic heterocycles. The summed E-state index contributed by atoms with van der Waals surface area (Å²) in [6.45, 7) is 1.95. The molecule has 0 spiro atoms. The van der Waals surface area contributed by atoms with E-state index in [0.29, 0.717) is 0 Å². The van der Waals surface area contributed by atoms with Crippen molar-refractivity contribution < 1.29 is 0 Å². The Kier molecular flexibility index (Phi) is 2.92. The third-order valence-corrected chi connectivity index (χ3v) is 1.49. The van der Waals surface area contributed by atoms with Gasteiger partial charge in [0.1, 0.15) is 0 Å². The quantitative estimate of drug-likeness (QED) is 0.598. The molecule has 0 aliphatic rings. The van der Waals surface area contributed by atoms with Gasteiger partial charge in [-0.2, -0.15) is 0 Å². The minimum Gasteiger partial charge on any atom is -0.225 e. The molecule has 0 saturated heterocycles. The molecule has 1 nitrogen and oxygen atoms in total. The molecule has 0 amide bonds. The zero-order valence-corrected chi connectivity index (χ0v) is 7.52. The Balaban J connectivity index is 3.04. The molecule has 0 aromatic heterocycles. The van der Waals surface area contributed by atoms with Crippen LogP contribution in [0.5, 0.6) is 0 Å². The van der Waals surface area contributed by atoms with Crippen molar-refractivity contribution in [1.82, 2.24) is 0 Å². The van der Waals surface area contributed by atoms with Crippen LogP contribution in [0.2, 0.25) is 0 Å². The predicted molar refractivity (Wildman–Crippen MR) is 50.0 cm³/mol. The Hall–Kier alpha value is -0.530. The van der Waals surface area contributed by atoms with Crippen LogP contribution in [0.15, 0.2) is 29.3 Å². The molecule has 0 aliphatic carbocycles. The number of aryl methyl sites for hydroxylation is 1. The van der Waals surface area contributed by atoms with Gasteiger partial charge in [0.2, 0.25) is 0 Å². The number of aliphatic imine (C=N–C) groups is 1. The van der Waals surface area contributed by atoms with Gasteiger partial charge in [0.05, 0.1) is 5.69 Å². The molecule has 0 unspecified atom stereocenters. The zero-order valence-electron chi connectivity index (χ0n) is 6.01. The fourth-order valence-electron chi connectivity index (χ4n) is 0.780. The van der Waals surface area contributed by atoms with Gasteiger partial charge < -0.3 is 0 Å². The Morgan fingerprint density at radius 2 is 1.91 bits per heavy atom. The summed E-state index contributed by atoms with van der Waals surface area (Å²) in [7, 11) is 0. The van der Waals surface area contributed by atoms with E-state index < -0.39 is 0 Å². The number of para-hydroxylation sites is 1. The highest BCUT2D eigenvalue weighted by Gasteiger charge is 1.93. The normalized spacial score (nSPS) is 9.36. The highest BCUT2D eigenvalue weighted by atomic mass is 35.5. The number of benzene rings is 1. The molecular weight excluding hydrogens is 181 g/mol. The second-order valence-corrected chi connectivity index (χ2v) is 3.05. The van der Waals surface area contributed by atoms with Gasteiger partial charge in [-0.25, -0.2) is 4.99 Å². The van der Waals surface area contributed by atoms with Crippen molar-refractivity contribution in [1.29, 1.82) is 0 Å². The first-order valence-electron chi connectivity index (χ1n) is 3.15. The van der Waals surface area contributed by atoms with E-state index in [-0.39, 0.29) is 4.63 Å². The van der Waals surface area contributed by atoms with E-state index >= 15 is 0 Å². The fraction of sp³-hybridized carbons (Fsp3) is 0.125. The van der Waals surface area contributed by atoms with Gasteiger partial charge in [0.15, 0.2) is 4.63 Å². The van der Waals surface area contributed by atoms with Crippen LogP contribution in [0.25, 0.3) is 0 Å². The molecule has 0 saturated carbocycles. The molecule has 58 valence electrons. The lowest BCUT2D eigenvalue weighted by Gasteiger charge is -1.96. The van der Waals surface area contributed by atoms with Gasteiger partial charge in [-0.3, -0.25) is 0 Å². The van der Waals surface area contributed by atoms with Gasteiger partial charge >= 0.3 is 0 Å². The Morgan fingerprint density at radius 1 is 1.27 bits per heavy atom. The van der Waals surface area contributed by atoms with E-state index in [1.807, 2.05) is 31.2 Å². The Morgan fingerprint density at radius 3 is 2.45 bits per heavy atom. The van der Waals surface area contributed by atoms with Crippen LogP contribution in [-0.2, 0) is 0 Å². The molecule has 1 aromatic rings. The molecule has 1 aromatic carbocycles. The lowest BCUT2D eigenvalue weighted by atomic mass is 10.2. The van der Waals surface area contributed by atoms with E-state index in [0.717, 1.165) is 11.3 Å². The highest BCUT2D eigenvalue weighted by Crippen LogP contribution is 2.18. The smallest absolute Gasteiger partial charge is 0.197 e. The van der Waals surface area contributed by atoms with Gasteiger partial charge in [-0.15, -0.1) is 0 Å². The van der Waals surface area contributed by atoms with Crippen molar-refractivity contribution in [3.8, 4) is 0 Å². The van der Waals surface area contributed by atoms with E-state index in [1.54, 1.807) is 0 Å². The Labute approximate surface area is 75.7 Å². The average molecular weight is 188 g/mol. The van der Waals surface area contributed by atoms with Crippen LogP contribution in [0.4, 0.5) is 5.69 Å². The largest absolute Gasteiger partial charge is 0.225 e. The van der Waals surface area contributed by atoms with Crippen molar-refractivity contribution in [2.45, 2.75) is 6.92 Å². The molecule has 0 atom stereocenters. The van der Waals surface area contributed by atoms with Crippen molar-refractivity contribution in [2.75, 3.05) is 0 Å². The van der Waals surface area contributed by atoms with E-state index in [4.69, 9.17) is 23.2 Å². The summed E-state index contributed by atoms with van der Waals surface area (Å²) in [5, 5.41) is 0. The van der Waals surface area contributed by atoms with E-state index in [9.17, 15) is 0 Å². The van der Waals surface area contributed by atoms with Crippen LogP contribution in [0.1, 0.15) is 5.56 Å². The fourth-order valence-corrected chi connectivity index (χ4v) is 0.962. The minimum atomic E-state index is 0.0410. The molecule has 0 bridgehead atoms. The van der Waals surface area contributed by atoms with Crippen molar-refractivity contribution in [3.05, 3.63) is 29.8 Å². The standard InChI is InChI=1S/C8H7Cl2N/c1-6-4-2-3-5-7(6)11-8(9)10/h2-5H,1H3. The summed E-state index contributed by atoms with van der Waals surface area (Å²) in [5.41, 5.74) is 1.87. The first kappa shape index (κ1) is 8.57. The topological polar surface area (TPSA) is 12.4 Å². The molecule has 0 N–H and O–H groups in total. The van der Waals surface area contributed by atoms with Crippen LogP contribution in [0.3, 0.4) is 0 Å². The number of nitrogens with zero attached hydrogens (tertiary/aromatic N) is 1. The third-order valence-electron chi connectivity index (χ3n) is 1.32. The minimum absolute atomic E-state index is 0.0410. The van der Waals surface area contributed by atoms with Gasteiger partial charge in [-0.1, -0.05) is 18.2 Å². The molecule has 0 radical (unpaired) electrons. The SMILES string of the molecule is Cc1ccccc1N=C(Cl)Cl. The lowest BCUT2D eigenvalue weighted by molar-refractivity contribution is 1.41. The summed E-state index contributed by atoms with van der Waals surface area (Å²) >= 11 is 10.8. The maximum atomic E-state index is 5.40. The van der Waals surface area contributed by atoms with Crippen LogP contribution < -0.4 is 0 Å². The molecule has 3 heteroatoms. The third kappa shape index (κ3) is 2.52. The number of halogens is 2. The second kappa shape index (κ2) is 3.74. The van der Waals surface area contributed by atoms with Crippen LogP contribution in [-0.4, -0.2) is 4.63 Å². The summed E-state index contributed by atoms with van der Waals surface area (Å²) in [4.78, 5) is 3.91. The van der Waals surface area contributed by atoms with Crippen molar-refractivity contribution in [2.24, 2.45) is 4.99 Å². The molecular formula is C8H7Cl2N. The summed E-state index contributed by atoms with van der Waals surface area (Å²) in [5.74, 6) is 0. The summed E-state index contributed by atoms with van der Waals surface area (Å²) in [6.07, 6.45) is 0. The summed E-state index contributed by atoms with van der Waals surface area (Å²) in [6, 6.07) is 7.65. The van der Waals surface area contributed by atoms with Crippen molar-refractivity contribution in [3.63, 3.8) is 0 Å². The molecule has 11 heavy (non-hydrogen) atoms. The monoisotopic (exact) mass is 187 g/mol. The first-order chi connectivity index (χ1) is 5.20. The van der Waals surface area contributed by atoms with E-state index in [2.05, 4.69) is 4.99 Å². The van der Waals surface area contributed by atoms with Gasteiger partial charge in [0.25, 0.3) is 0 Å². The summed E-state index contributed by atoms with van der Waals surface area (Å²) < 4.78 is 0.0410. The average Bonchev–Trinajstić information content (AvgIpc) is 1.93. The number of hydrogen-bond acceptors (Lipinski definition) is 1. The maximum Gasteiger partial charge on any atom is 0.197 e. The van der Waals surface area contributed by atoms with E-state index in [1.165, 1.54) is 0 Å². The van der Waals surface area contributed by atoms with Crippen LogP contribution in [0, 0.1) is 6.92 Å². The molecule has 1 rings (SSSR count). The second-order valence-electron chi connectivity index (χ2n) is 2.14. The van der Waals surface area contributed by atoms with Crippen LogP contribution >= 0.6 is 23.2 Å². The Bertz CT molecular complexity index is 277. The molecule has 0 fully saturated rings. The maximum absolute atomic E-state index is 5.40. The van der Waals surface area contributed by atoms with Crippen molar-refractivity contribution >= 4 is 33.5 Å². The predicted octanol–water partition coefficient (Wildman–Crippen LogP) is 3.46.